The summed E-state index contributed by atoms with van der Waals surface area (Å²) >= 11 is 1.30. The first kappa shape index (κ1) is 18.7. The standard InChI is InChI=1S/C21H16FN5OS/c1-14-24-25-21(29-14)23-19(28)12-9-16-13-27(18-5-3-2-4-6-18)26-20(16)15-7-10-17(22)11-8-15/h2-13H,1H3,(H,23,25,28)/b12-9+. The fourth-order valence-corrected chi connectivity index (χ4v) is 3.31. The molecule has 0 aliphatic carbocycles. The molecule has 29 heavy (non-hydrogen) atoms. The molecule has 0 spiro atoms. The van der Waals surface area contributed by atoms with Crippen LogP contribution in [0.1, 0.15) is 10.6 Å². The van der Waals surface area contributed by atoms with Gasteiger partial charge in [-0.25, -0.2) is 9.07 Å². The molecule has 0 atom stereocenters. The summed E-state index contributed by atoms with van der Waals surface area (Å²) in [6.07, 6.45) is 4.91. The first-order chi connectivity index (χ1) is 14.1. The molecule has 0 fully saturated rings. The molecule has 0 unspecified atom stereocenters. The first-order valence-electron chi connectivity index (χ1n) is 8.79. The average molecular weight is 405 g/mol. The van der Waals surface area contributed by atoms with E-state index in [1.54, 1.807) is 22.9 Å². The van der Waals surface area contributed by atoms with Crippen molar-refractivity contribution in [1.82, 2.24) is 20.0 Å². The average Bonchev–Trinajstić information content (AvgIpc) is 3.34. The van der Waals surface area contributed by atoms with Crippen molar-refractivity contribution in [2.75, 3.05) is 5.32 Å². The number of carbonyl (C=O) groups is 1. The molecule has 0 aliphatic heterocycles. The summed E-state index contributed by atoms with van der Waals surface area (Å²) in [4.78, 5) is 12.2. The maximum absolute atomic E-state index is 13.3. The quantitative estimate of drug-likeness (QED) is 0.497. The van der Waals surface area contributed by atoms with Gasteiger partial charge in [-0.3, -0.25) is 10.1 Å². The summed E-state index contributed by atoms with van der Waals surface area (Å²) in [5.74, 6) is -0.640. The second-order valence-corrected chi connectivity index (χ2v) is 7.35. The number of rotatable bonds is 5. The molecule has 1 amide bonds. The van der Waals surface area contributed by atoms with E-state index in [4.69, 9.17) is 0 Å². The molecule has 0 saturated heterocycles. The highest BCUT2D eigenvalue weighted by Crippen LogP contribution is 2.25. The number of hydrogen-bond acceptors (Lipinski definition) is 5. The number of para-hydroxylation sites is 1. The van der Waals surface area contributed by atoms with Gasteiger partial charge in [-0.1, -0.05) is 29.5 Å². The first-order valence-corrected chi connectivity index (χ1v) is 9.60. The Morgan fingerprint density at radius 2 is 1.86 bits per heavy atom. The van der Waals surface area contributed by atoms with Crippen molar-refractivity contribution >= 4 is 28.5 Å². The van der Waals surface area contributed by atoms with E-state index >= 15 is 0 Å². The maximum Gasteiger partial charge on any atom is 0.250 e. The van der Waals surface area contributed by atoms with E-state index in [2.05, 4.69) is 20.6 Å². The Balaban J connectivity index is 1.66. The van der Waals surface area contributed by atoms with Gasteiger partial charge in [0.15, 0.2) is 0 Å². The lowest BCUT2D eigenvalue weighted by atomic mass is 10.1. The molecule has 2 heterocycles. The third-order valence-corrected chi connectivity index (χ3v) is 4.81. The van der Waals surface area contributed by atoms with Crippen LogP contribution < -0.4 is 5.32 Å². The van der Waals surface area contributed by atoms with E-state index < -0.39 is 0 Å². The molecule has 2 aromatic carbocycles. The van der Waals surface area contributed by atoms with Crippen LogP contribution in [-0.4, -0.2) is 25.9 Å². The van der Waals surface area contributed by atoms with Crippen molar-refractivity contribution in [3.8, 4) is 16.9 Å². The summed E-state index contributed by atoms with van der Waals surface area (Å²) in [7, 11) is 0. The van der Waals surface area contributed by atoms with E-state index in [9.17, 15) is 9.18 Å². The van der Waals surface area contributed by atoms with Crippen molar-refractivity contribution in [1.29, 1.82) is 0 Å². The number of nitrogens with zero attached hydrogens (tertiary/aromatic N) is 4. The Kier molecular flexibility index (Phi) is 5.26. The van der Waals surface area contributed by atoms with Crippen molar-refractivity contribution in [2.45, 2.75) is 6.92 Å². The fraction of sp³-hybridized carbons (Fsp3) is 0.0476. The number of hydrogen-bond donors (Lipinski definition) is 1. The Morgan fingerprint density at radius 3 is 2.55 bits per heavy atom. The van der Waals surface area contributed by atoms with Gasteiger partial charge < -0.3 is 0 Å². The van der Waals surface area contributed by atoms with E-state index in [0.29, 0.717) is 10.8 Å². The van der Waals surface area contributed by atoms with Crippen LogP contribution >= 0.6 is 11.3 Å². The maximum atomic E-state index is 13.3. The summed E-state index contributed by atoms with van der Waals surface area (Å²) in [5.41, 5.74) is 3.00. The minimum atomic E-state index is -0.321. The molecule has 2 aromatic heterocycles. The van der Waals surface area contributed by atoms with Crippen molar-refractivity contribution < 1.29 is 9.18 Å². The van der Waals surface area contributed by atoms with Crippen LogP contribution in [0.4, 0.5) is 9.52 Å². The summed E-state index contributed by atoms with van der Waals surface area (Å²) in [5, 5.41) is 16.3. The molecule has 0 bridgehead atoms. The monoisotopic (exact) mass is 405 g/mol. The lowest BCUT2D eigenvalue weighted by Gasteiger charge is -2.00. The second kappa shape index (κ2) is 8.15. The number of halogens is 1. The minimum Gasteiger partial charge on any atom is -0.297 e. The number of anilines is 1. The Bertz CT molecular complexity index is 1170. The molecule has 0 radical (unpaired) electrons. The lowest BCUT2D eigenvalue weighted by Crippen LogP contribution is -2.07. The molecule has 4 aromatic rings. The Morgan fingerprint density at radius 1 is 1.10 bits per heavy atom. The van der Waals surface area contributed by atoms with Gasteiger partial charge in [-0.15, -0.1) is 10.2 Å². The van der Waals surface area contributed by atoms with Gasteiger partial charge in [0.25, 0.3) is 0 Å². The predicted octanol–water partition coefficient (Wildman–Crippen LogP) is 4.49. The number of amides is 1. The van der Waals surface area contributed by atoms with Gasteiger partial charge in [-0.05, 0) is 49.4 Å². The number of aryl methyl sites for hydroxylation is 1. The van der Waals surface area contributed by atoms with Crippen LogP contribution in [0, 0.1) is 12.7 Å². The number of carbonyl (C=O) groups excluding carboxylic acids is 1. The predicted molar refractivity (Wildman–Crippen MR) is 111 cm³/mol. The van der Waals surface area contributed by atoms with Gasteiger partial charge in [0, 0.05) is 23.4 Å². The SMILES string of the molecule is Cc1nnc(NC(=O)/C=C/c2cn(-c3ccccc3)nc2-c2ccc(F)cc2)s1. The molecule has 0 aliphatic rings. The number of benzene rings is 2. The van der Waals surface area contributed by atoms with Crippen molar-refractivity contribution in [3.63, 3.8) is 0 Å². The molecule has 4 rings (SSSR count). The topological polar surface area (TPSA) is 72.7 Å². The van der Waals surface area contributed by atoms with Crippen LogP contribution in [0.15, 0.2) is 66.9 Å². The fourth-order valence-electron chi connectivity index (χ4n) is 2.71. The van der Waals surface area contributed by atoms with Crippen LogP contribution in [0.3, 0.4) is 0 Å². The molecule has 6 nitrogen and oxygen atoms in total. The summed E-state index contributed by atoms with van der Waals surface area (Å²) in [6.45, 7) is 1.82. The summed E-state index contributed by atoms with van der Waals surface area (Å²) in [6, 6.07) is 15.7. The van der Waals surface area contributed by atoms with E-state index in [-0.39, 0.29) is 11.7 Å². The molecule has 1 N–H and O–H groups in total. The zero-order valence-corrected chi connectivity index (χ0v) is 16.2. The van der Waals surface area contributed by atoms with E-state index in [1.165, 1.54) is 29.5 Å². The molecule has 8 heteroatoms. The highest BCUT2D eigenvalue weighted by atomic mass is 32.1. The Hall–Kier alpha value is -3.65. The zero-order chi connectivity index (χ0) is 20.2. The third kappa shape index (κ3) is 4.44. The summed E-state index contributed by atoms with van der Waals surface area (Å²) < 4.78 is 15.1. The van der Waals surface area contributed by atoms with Crippen LogP contribution in [0.25, 0.3) is 23.0 Å². The van der Waals surface area contributed by atoms with E-state index in [0.717, 1.165) is 21.8 Å². The van der Waals surface area contributed by atoms with Gasteiger partial charge in [-0.2, -0.15) is 5.10 Å². The third-order valence-electron chi connectivity index (χ3n) is 4.05. The minimum absolute atomic E-state index is 0.319. The smallest absolute Gasteiger partial charge is 0.250 e. The highest BCUT2D eigenvalue weighted by molar-refractivity contribution is 7.15. The zero-order valence-electron chi connectivity index (χ0n) is 15.4. The van der Waals surface area contributed by atoms with Gasteiger partial charge in [0.1, 0.15) is 10.8 Å². The number of aromatic nitrogens is 4. The van der Waals surface area contributed by atoms with Crippen LogP contribution in [0.2, 0.25) is 0 Å². The molecular weight excluding hydrogens is 389 g/mol. The van der Waals surface area contributed by atoms with Crippen LogP contribution in [-0.2, 0) is 4.79 Å². The second-order valence-electron chi connectivity index (χ2n) is 6.17. The van der Waals surface area contributed by atoms with E-state index in [1.807, 2.05) is 43.5 Å². The van der Waals surface area contributed by atoms with Crippen LogP contribution in [0.5, 0.6) is 0 Å². The highest BCUT2D eigenvalue weighted by Gasteiger charge is 2.11. The van der Waals surface area contributed by atoms with Gasteiger partial charge >= 0.3 is 0 Å². The molecular formula is C21H16FN5OS. The molecule has 144 valence electrons. The Labute approximate surface area is 170 Å². The largest absolute Gasteiger partial charge is 0.297 e. The van der Waals surface area contributed by atoms with Crippen molar-refractivity contribution in [3.05, 3.63) is 83.3 Å². The normalized spacial score (nSPS) is 11.1. The number of nitrogens with one attached hydrogen (secondary N) is 1. The van der Waals surface area contributed by atoms with Crippen molar-refractivity contribution in [2.24, 2.45) is 0 Å². The van der Waals surface area contributed by atoms with Gasteiger partial charge in [0.05, 0.1) is 11.4 Å². The molecule has 0 saturated carbocycles. The lowest BCUT2D eigenvalue weighted by molar-refractivity contribution is -0.111. The van der Waals surface area contributed by atoms with Gasteiger partial charge in [0.2, 0.25) is 11.0 Å².